The first-order valence-electron chi connectivity index (χ1n) is 7.96. The van der Waals surface area contributed by atoms with Crippen LogP contribution in [0.25, 0.3) is 0 Å². The summed E-state index contributed by atoms with van der Waals surface area (Å²) in [5.74, 6) is 5.73. The minimum absolute atomic E-state index is 1.04. The van der Waals surface area contributed by atoms with Crippen molar-refractivity contribution in [3.63, 3.8) is 0 Å². The predicted molar refractivity (Wildman–Crippen MR) is 83.1 cm³/mol. The van der Waals surface area contributed by atoms with Crippen molar-refractivity contribution in [1.29, 1.82) is 0 Å². The fourth-order valence-corrected chi connectivity index (χ4v) is 2.25. The van der Waals surface area contributed by atoms with Crippen LogP contribution >= 0.6 is 0 Å². The van der Waals surface area contributed by atoms with Crippen molar-refractivity contribution in [3.8, 4) is 11.8 Å². The van der Waals surface area contributed by atoms with E-state index in [1.54, 1.807) is 0 Å². The summed E-state index contributed by atoms with van der Waals surface area (Å²) in [4.78, 5) is 0. The predicted octanol–water partition coefficient (Wildman–Crippen LogP) is 6.12. The Hall–Kier alpha value is -0.440. The van der Waals surface area contributed by atoms with Crippen LogP contribution in [-0.4, -0.2) is 0 Å². The second kappa shape index (κ2) is 16.6. The molecule has 18 heavy (non-hydrogen) atoms. The van der Waals surface area contributed by atoms with Gasteiger partial charge in [-0.05, 0) is 6.42 Å². The van der Waals surface area contributed by atoms with E-state index in [1.165, 1.54) is 77.0 Å². The van der Waals surface area contributed by atoms with Gasteiger partial charge in [0.05, 0.1) is 0 Å². The third kappa shape index (κ3) is 15.6. The molecule has 0 aliphatic carbocycles. The van der Waals surface area contributed by atoms with Crippen molar-refractivity contribution in [1.82, 2.24) is 0 Å². The number of unbranched alkanes of at least 4 members (excludes halogenated alkanes) is 13. The van der Waals surface area contributed by atoms with Crippen molar-refractivity contribution in [2.75, 3.05) is 0 Å². The van der Waals surface area contributed by atoms with Crippen molar-refractivity contribution >= 4 is 0 Å². The van der Waals surface area contributed by atoms with Gasteiger partial charge < -0.3 is 0 Å². The number of hydrogen-bond acceptors (Lipinski definition) is 0. The first kappa shape index (κ1) is 17.6. The van der Waals surface area contributed by atoms with Crippen LogP contribution in [0.4, 0.5) is 0 Å². The molecule has 0 amide bonds. The molecule has 0 spiro atoms. The highest BCUT2D eigenvalue weighted by molar-refractivity contribution is 5.00. The van der Waals surface area contributed by atoms with Gasteiger partial charge in [-0.1, -0.05) is 84.0 Å². The Kier molecular flexibility index (Phi) is 16.2. The Bertz CT molecular complexity index is 194. The standard InChI is InChI=1S/C18H32/c1-3-5-7-9-11-13-15-17-18-16-14-12-10-8-6-4-2/h1-3,5,7-18H2. The zero-order chi connectivity index (χ0) is 13.3. The highest BCUT2D eigenvalue weighted by Gasteiger charge is 1.93. The summed E-state index contributed by atoms with van der Waals surface area (Å²) in [7, 11) is 0. The van der Waals surface area contributed by atoms with Crippen molar-refractivity contribution < 1.29 is 0 Å². The van der Waals surface area contributed by atoms with E-state index in [2.05, 4.69) is 25.7 Å². The van der Waals surface area contributed by atoms with Gasteiger partial charge in [0.1, 0.15) is 0 Å². The summed E-state index contributed by atoms with van der Waals surface area (Å²) in [5, 5.41) is 0. The lowest BCUT2D eigenvalue weighted by molar-refractivity contribution is 0.542. The van der Waals surface area contributed by atoms with Crippen molar-refractivity contribution in [2.45, 2.75) is 89.9 Å². The SMILES string of the molecule is [CH2]C#CCCCCCCCCCCCCCC[CH2]. The maximum atomic E-state index is 3.87. The molecule has 0 atom stereocenters. The smallest absolute Gasteiger partial charge is 0.0198 e. The molecule has 0 aliphatic heterocycles. The van der Waals surface area contributed by atoms with E-state index in [1.807, 2.05) is 0 Å². The van der Waals surface area contributed by atoms with Gasteiger partial charge in [0.2, 0.25) is 0 Å². The minimum Gasteiger partial charge on any atom is -0.103 e. The molecule has 0 rings (SSSR count). The van der Waals surface area contributed by atoms with Crippen LogP contribution in [0.15, 0.2) is 0 Å². The first-order chi connectivity index (χ1) is 8.91. The van der Waals surface area contributed by atoms with Gasteiger partial charge in [0.15, 0.2) is 0 Å². The van der Waals surface area contributed by atoms with Gasteiger partial charge >= 0.3 is 0 Å². The molecule has 0 unspecified atom stereocenters. The molecule has 0 nitrogen and oxygen atoms in total. The van der Waals surface area contributed by atoms with Crippen LogP contribution in [-0.2, 0) is 0 Å². The highest BCUT2D eigenvalue weighted by Crippen LogP contribution is 2.12. The van der Waals surface area contributed by atoms with Gasteiger partial charge in [-0.2, -0.15) is 0 Å². The molecule has 0 heteroatoms. The Labute approximate surface area is 116 Å². The average molecular weight is 248 g/mol. The highest BCUT2D eigenvalue weighted by atomic mass is 14.0. The molecular formula is C18H32. The maximum absolute atomic E-state index is 3.87. The third-order valence-electron chi connectivity index (χ3n) is 3.43. The first-order valence-corrected chi connectivity index (χ1v) is 7.96. The van der Waals surface area contributed by atoms with E-state index < -0.39 is 0 Å². The van der Waals surface area contributed by atoms with E-state index in [-0.39, 0.29) is 0 Å². The Morgan fingerprint density at radius 2 is 0.944 bits per heavy atom. The lowest BCUT2D eigenvalue weighted by atomic mass is 10.0. The molecular weight excluding hydrogens is 216 g/mol. The summed E-state index contributed by atoms with van der Waals surface area (Å²) >= 11 is 0. The fourth-order valence-electron chi connectivity index (χ4n) is 2.25. The Morgan fingerprint density at radius 3 is 1.33 bits per heavy atom. The van der Waals surface area contributed by atoms with Gasteiger partial charge in [0.25, 0.3) is 0 Å². The molecule has 0 saturated carbocycles. The summed E-state index contributed by atoms with van der Waals surface area (Å²) in [6, 6.07) is 0. The molecule has 0 saturated heterocycles. The van der Waals surface area contributed by atoms with Crippen LogP contribution in [0.1, 0.15) is 89.9 Å². The van der Waals surface area contributed by atoms with E-state index in [0.29, 0.717) is 0 Å². The second-order valence-electron chi connectivity index (χ2n) is 5.20. The monoisotopic (exact) mass is 248 g/mol. The van der Waals surface area contributed by atoms with E-state index >= 15 is 0 Å². The van der Waals surface area contributed by atoms with Crippen molar-refractivity contribution in [2.24, 2.45) is 0 Å². The van der Waals surface area contributed by atoms with Gasteiger partial charge in [-0.25, -0.2) is 0 Å². The van der Waals surface area contributed by atoms with Gasteiger partial charge in [-0.3, -0.25) is 0 Å². The van der Waals surface area contributed by atoms with Crippen LogP contribution in [0, 0.1) is 25.7 Å². The summed E-state index contributed by atoms with van der Waals surface area (Å²) in [6.45, 7) is 7.39. The summed E-state index contributed by atoms with van der Waals surface area (Å²) in [6.07, 6.45) is 18.9. The Morgan fingerprint density at radius 1 is 0.556 bits per heavy atom. The zero-order valence-corrected chi connectivity index (χ0v) is 12.3. The van der Waals surface area contributed by atoms with Crippen LogP contribution in [0.2, 0.25) is 0 Å². The molecule has 0 aliphatic rings. The molecule has 2 radical (unpaired) electrons. The third-order valence-corrected chi connectivity index (χ3v) is 3.43. The van der Waals surface area contributed by atoms with Gasteiger partial charge in [0, 0.05) is 13.3 Å². The molecule has 0 heterocycles. The lowest BCUT2D eigenvalue weighted by Gasteiger charge is -2.02. The quantitative estimate of drug-likeness (QED) is 0.272. The molecule has 0 aromatic rings. The molecule has 0 N–H and O–H groups in total. The van der Waals surface area contributed by atoms with Crippen LogP contribution < -0.4 is 0 Å². The number of rotatable bonds is 13. The Balaban J connectivity index is 2.92. The van der Waals surface area contributed by atoms with Crippen LogP contribution in [0.5, 0.6) is 0 Å². The zero-order valence-electron chi connectivity index (χ0n) is 12.3. The molecule has 0 bridgehead atoms. The topological polar surface area (TPSA) is 0 Å². The fraction of sp³-hybridized carbons (Fsp3) is 0.778. The second-order valence-corrected chi connectivity index (χ2v) is 5.20. The average Bonchev–Trinajstić information content (AvgIpc) is 2.39. The molecule has 104 valence electrons. The lowest BCUT2D eigenvalue weighted by Crippen LogP contribution is -1.82. The van der Waals surface area contributed by atoms with Gasteiger partial charge in [-0.15, -0.1) is 11.8 Å². The largest absolute Gasteiger partial charge is 0.103 e. The van der Waals surface area contributed by atoms with E-state index in [4.69, 9.17) is 0 Å². The van der Waals surface area contributed by atoms with E-state index in [9.17, 15) is 0 Å². The molecule has 0 aromatic heterocycles. The number of hydrogen-bond donors (Lipinski definition) is 0. The summed E-state index contributed by atoms with van der Waals surface area (Å²) < 4.78 is 0. The molecule has 0 aromatic carbocycles. The minimum atomic E-state index is 1.04. The maximum Gasteiger partial charge on any atom is 0.0198 e. The summed E-state index contributed by atoms with van der Waals surface area (Å²) in [5.41, 5.74) is 0. The van der Waals surface area contributed by atoms with Crippen LogP contribution in [0.3, 0.4) is 0 Å². The molecule has 0 fully saturated rings. The van der Waals surface area contributed by atoms with Crippen molar-refractivity contribution in [3.05, 3.63) is 13.8 Å². The normalized spacial score (nSPS) is 10.1. The van der Waals surface area contributed by atoms with E-state index in [0.717, 1.165) is 12.8 Å².